The van der Waals surface area contributed by atoms with Crippen LogP contribution in [0.25, 0.3) is 0 Å². The van der Waals surface area contributed by atoms with Gasteiger partial charge < -0.3 is 10.2 Å². The summed E-state index contributed by atoms with van der Waals surface area (Å²) in [5.74, 6) is 0. The van der Waals surface area contributed by atoms with Crippen LogP contribution in [0.1, 0.15) is 58.3 Å². The molecule has 3 aliphatic rings. The van der Waals surface area contributed by atoms with Gasteiger partial charge in [0.05, 0.1) is 0 Å². The van der Waals surface area contributed by atoms with Gasteiger partial charge in [-0.15, -0.1) is 0 Å². The Labute approximate surface area is 106 Å². The van der Waals surface area contributed by atoms with Crippen molar-refractivity contribution in [3.8, 4) is 0 Å². The second-order valence-electron chi connectivity index (χ2n) is 6.81. The van der Waals surface area contributed by atoms with Gasteiger partial charge in [-0.05, 0) is 57.4 Å². The van der Waals surface area contributed by atoms with Crippen LogP contribution in [0, 0.1) is 5.41 Å². The Morgan fingerprint density at radius 2 is 1.82 bits per heavy atom. The van der Waals surface area contributed by atoms with Crippen molar-refractivity contribution < 1.29 is 0 Å². The van der Waals surface area contributed by atoms with Crippen LogP contribution in [0.5, 0.6) is 0 Å². The first-order valence-corrected chi connectivity index (χ1v) is 7.68. The summed E-state index contributed by atoms with van der Waals surface area (Å²) in [4.78, 5) is 2.64. The van der Waals surface area contributed by atoms with Crippen LogP contribution in [-0.2, 0) is 0 Å². The van der Waals surface area contributed by atoms with Crippen molar-refractivity contribution in [3.63, 3.8) is 0 Å². The van der Waals surface area contributed by atoms with Crippen molar-refractivity contribution in [3.05, 3.63) is 0 Å². The molecule has 0 aromatic heterocycles. The predicted molar refractivity (Wildman–Crippen MR) is 72.2 cm³/mol. The first-order chi connectivity index (χ1) is 8.22. The molecule has 98 valence electrons. The monoisotopic (exact) mass is 236 g/mol. The molecule has 0 radical (unpaired) electrons. The lowest BCUT2D eigenvalue weighted by Crippen LogP contribution is -2.50. The second-order valence-corrected chi connectivity index (χ2v) is 6.81. The van der Waals surface area contributed by atoms with Crippen LogP contribution >= 0.6 is 0 Å². The highest BCUT2D eigenvalue weighted by molar-refractivity contribution is 4.97. The largest absolute Gasteiger partial charge is 0.313 e. The Bertz CT molecular complexity index is 253. The minimum atomic E-state index is 0.683. The molecule has 2 aliphatic heterocycles. The number of piperidine rings is 1. The van der Waals surface area contributed by atoms with E-state index in [9.17, 15) is 0 Å². The number of nitrogens with zero attached hydrogens (tertiary/aromatic N) is 1. The third-order valence-corrected chi connectivity index (χ3v) is 6.03. The molecule has 2 nitrogen and oxygen atoms in total. The van der Waals surface area contributed by atoms with Crippen molar-refractivity contribution >= 4 is 0 Å². The van der Waals surface area contributed by atoms with Crippen molar-refractivity contribution in [1.82, 2.24) is 10.2 Å². The average molecular weight is 236 g/mol. The molecule has 1 aliphatic carbocycles. The van der Waals surface area contributed by atoms with Crippen molar-refractivity contribution in [1.29, 1.82) is 0 Å². The molecule has 2 saturated heterocycles. The zero-order valence-electron chi connectivity index (χ0n) is 11.5. The molecule has 2 heteroatoms. The third kappa shape index (κ3) is 2.15. The smallest absolute Gasteiger partial charge is 0.0111 e. The van der Waals surface area contributed by atoms with E-state index >= 15 is 0 Å². The molecular weight excluding hydrogens is 208 g/mol. The normalized spacial score (nSPS) is 40.2. The van der Waals surface area contributed by atoms with E-state index in [0.717, 1.165) is 18.1 Å². The van der Waals surface area contributed by atoms with Gasteiger partial charge in [-0.2, -0.15) is 0 Å². The zero-order chi connectivity index (χ0) is 11.9. The number of hydrogen-bond donors (Lipinski definition) is 1. The van der Waals surface area contributed by atoms with Crippen LogP contribution in [0.2, 0.25) is 0 Å². The maximum absolute atomic E-state index is 3.91. The lowest BCUT2D eigenvalue weighted by molar-refractivity contribution is 0.0978. The van der Waals surface area contributed by atoms with Crippen LogP contribution < -0.4 is 5.32 Å². The molecule has 2 heterocycles. The maximum Gasteiger partial charge on any atom is 0.0111 e. The Hall–Kier alpha value is -0.0800. The van der Waals surface area contributed by atoms with E-state index in [1.54, 1.807) is 0 Å². The average Bonchev–Trinajstić information content (AvgIpc) is 2.52. The number of nitrogens with one attached hydrogen (secondary N) is 1. The molecule has 2 atom stereocenters. The molecule has 2 bridgehead atoms. The van der Waals surface area contributed by atoms with Crippen LogP contribution in [0.3, 0.4) is 0 Å². The lowest BCUT2D eigenvalue weighted by atomic mass is 9.67. The molecule has 1 N–H and O–H groups in total. The van der Waals surface area contributed by atoms with Gasteiger partial charge in [-0.1, -0.05) is 13.3 Å². The fraction of sp³-hybridized carbons (Fsp3) is 1.00. The van der Waals surface area contributed by atoms with E-state index in [-0.39, 0.29) is 0 Å². The van der Waals surface area contributed by atoms with Gasteiger partial charge in [-0.3, -0.25) is 0 Å². The maximum atomic E-state index is 3.91. The molecule has 3 rings (SSSR count). The van der Waals surface area contributed by atoms with Gasteiger partial charge in [0.25, 0.3) is 0 Å². The van der Waals surface area contributed by atoms with E-state index in [0.29, 0.717) is 5.41 Å². The zero-order valence-corrected chi connectivity index (χ0v) is 11.5. The van der Waals surface area contributed by atoms with E-state index < -0.39 is 0 Å². The van der Waals surface area contributed by atoms with Gasteiger partial charge >= 0.3 is 0 Å². The molecule has 0 aromatic carbocycles. The van der Waals surface area contributed by atoms with E-state index in [1.807, 2.05) is 0 Å². The summed E-state index contributed by atoms with van der Waals surface area (Å²) < 4.78 is 0. The van der Waals surface area contributed by atoms with Gasteiger partial charge in [0.1, 0.15) is 0 Å². The summed E-state index contributed by atoms with van der Waals surface area (Å²) in [6.45, 7) is 3.66. The lowest BCUT2D eigenvalue weighted by Gasteiger charge is -2.44. The molecule has 0 amide bonds. The summed E-state index contributed by atoms with van der Waals surface area (Å²) in [6, 6.07) is 2.57. The van der Waals surface area contributed by atoms with Gasteiger partial charge in [0.15, 0.2) is 0 Å². The highest BCUT2D eigenvalue weighted by atomic mass is 15.2. The molecule has 2 unspecified atom stereocenters. The summed E-state index contributed by atoms with van der Waals surface area (Å²) in [6.07, 6.45) is 11.5. The Morgan fingerprint density at radius 1 is 1.18 bits per heavy atom. The summed E-state index contributed by atoms with van der Waals surface area (Å²) in [5, 5.41) is 3.91. The predicted octanol–water partition coefficient (Wildman–Crippen LogP) is 2.78. The van der Waals surface area contributed by atoms with Crippen molar-refractivity contribution in [2.75, 3.05) is 13.6 Å². The highest BCUT2D eigenvalue weighted by Gasteiger charge is 2.40. The van der Waals surface area contributed by atoms with Gasteiger partial charge in [0.2, 0.25) is 0 Å². The first-order valence-electron chi connectivity index (χ1n) is 7.68. The molecule has 3 fully saturated rings. The Kier molecular flexibility index (Phi) is 3.20. The highest BCUT2D eigenvalue weighted by Crippen LogP contribution is 2.43. The molecular formula is C15H28N2. The fourth-order valence-corrected chi connectivity index (χ4v) is 4.27. The van der Waals surface area contributed by atoms with Crippen molar-refractivity contribution in [2.45, 2.75) is 76.4 Å². The number of fused-ring (bicyclic) bond motifs is 2. The summed E-state index contributed by atoms with van der Waals surface area (Å²) in [5.41, 5.74) is 0.683. The second kappa shape index (κ2) is 4.55. The van der Waals surface area contributed by atoms with E-state index in [1.165, 1.54) is 57.9 Å². The fourth-order valence-electron chi connectivity index (χ4n) is 4.27. The Balaban J connectivity index is 1.50. The van der Waals surface area contributed by atoms with Crippen LogP contribution in [0.4, 0.5) is 0 Å². The van der Waals surface area contributed by atoms with E-state index in [4.69, 9.17) is 0 Å². The number of hydrogen-bond acceptors (Lipinski definition) is 2. The topological polar surface area (TPSA) is 15.3 Å². The van der Waals surface area contributed by atoms with Gasteiger partial charge in [-0.25, -0.2) is 0 Å². The first kappa shape index (κ1) is 12.0. The quantitative estimate of drug-likeness (QED) is 0.807. The molecule has 17 heavy (non-hydrogen) atoms. The van der Waals surface area contributed by atoms with Crippen LogP contribution in [0.15, 0.2) is 0 Å². The van der Waals surface area contributed by atoms with Gasteiger partial charge in [0, 0.05) is 24.7 Å². The summed E-state index contributed by atoms with van der Waals surface area (Å²) >= 11 is 0. The van der Waals surface area contributed by atoms with E-state index in [2.05, 4.69) is 24.2 Å². The standard InChI is InChI=1S/C15H28N2/c1-3-15(7-4-8-15)11-16-12-9-13-5-6-14(10-12)17(13)2/h12-14,16H,3-11H2,1-2H3. The summed E-state index contributed by atoms with van der Waals surface area (Å²) in [7, 11) is 2.33. The minimum Gasteiger partial charge on any atom is -0.313 e. The molecule has 0 spiro atoms. The third-order valence-electron chi connectivity index (χ3n) is 6.03. The molecule has 1 saturated carbocycles. The minimum absolute atomic E-state index is 0.683. The Morgan fingerprint density at radius 3 is 2.29 bits per heavy atom. The SMILES string of the molecule is CCC1(CNC2CC3CCC(C2)N3C)CCC1. The number of rotatable bonds is 4. The molecule has 0 aromatic rings. The van der Waals surface area contributed by atoms with Crippen LogP contribution in [-0.4, -0.2) is 36.6 Å². The van der Waals surface area contributed by atoms with Crippen molar-refractivity contribution in [2.24, 2.45) is 5.41 Å².